The first kappa shape index (κ1) is 50.4. The van der Waals surface area contributed by atoms with Crippen molar-refractivity contribution >= 4 is 28.8 Å². The van der Waals surface area contributed by atoms with E-state index in [4.69, 9.17) is 61.8 Å². The van der Waals surface area contributed by atoms with Crippen LogP contribution in [0.4, 0.5) is 0 Å². The summed E-state index contributed by atoms with van der Waals surface area (Å²) in [7, 11) is 1.63. The van der Waals surface area contributed by atoms with E-state index in [2.05, 4.69) is 0 Å². The Morgan fingerprint density at radius 3 is 2.04 bits per heavy atom. The predicted molar refractivity (Wildman–Crippen MR) is 245 cm³/mol. The fourth-order valence-corrected chi connectivity index (χ4v) is 8.52. The number of esters is 3. The zero-order valence-electron chi connectivity index (χ0n) is 39.6. The number of carbonyl (C=O) groups excluding carboxylic acids is 3. The molecule has 5 heterocycles. The molecule has 3 aliphatic heterocycles. The van der Waals surface area contributed by atoms with Gasteiger partial charge in [0, 0.05) is 35.6 Å². The SMILES string of the molecule is CC[C@@]1(OC(=O)COc2c(C)cc3c(c2C)CCC(C)(C(=O)OCCOCCOCCOCCOCCOCCOCCOC)O3)C(=O)OCc2c1cc1n(c2=O)Cc2cc3ccccc3nc2-1. The molecule has 368 valence electrons. The molecule has 0 spiro atoms. The quantitative estimate of drug-likeness (QED) is 0.0399. The van der Waals surface area contributed by atoms with Gasteiger partial charge >= 0.3 is 17.9 Å². The fraction of sp³-hybridized carbons (Fsp3) is 0.540. The minimum Gasteiger partial charge on any atom is -0.481 e. The molecule has 18 heteroatoms. The lowest BCUT2D eigenvalue weighted by Crippen LogP contribution is -2.48. The van der Waals surface area contributed by atoms with Crippen LogP contribution in [0.15, 0.2) is 47.3 Å². The van der Waals surface area contributed by atoms with Crippen LogP contribution in [-0.4, -0.2) is 139 Å². The normalized spacial score (nSPS) is 18.0. The summed E-state index contributed by atoms with van der Waals surface area (Å²) in [5, 5.41) is 0.951. The molecule has 0 amide bonds. The number of nitrogens with zero attached hydrogens (tertiary/aromatic N) is 2. The molecule has 2 aromatic heterocycles. The van der Waals surface area contributed by atoms with E-state index >= 15 is 0 Å². The number of para-hydroxylation sites is 1. The van der Waals surface area contributed by atoms with E-state index in [9.17, 15) is 19.2 Å². The number of ether oxygens (including phenoxy) is 12. The van der Waals surface area contributed by atoms with Gasteiger partial charge in [-0.15, -0.1) is 0 Å². The van der Waals surface area contributed by atoms with Crippen molar-refractivity contribution in [2.75, 3.05) is 106 Å². The summed E-state index contributed by atoms with van der Waals surface area (Å²) in [4.78, 5) is 59.3. The van der Waals surface area contributed by atoms with Crippen molar-refractivity contribution in [3.63, 3.8) is 0 Å². The highest BCUT2D eigenvalue weighted by Gasteiger charge is 2.50. The van der Waals surface area contributed by atoms with Crippen LogP contribution in [0.25, 0.3) is 22.3 Å². The molecule has 0 saturated heterocycles. The molecule has 18 nitrogen and oxygen atoms in total. The second-order valence-corrected chi connectivity index (χ2v) is 16.8. The Kier molecular flexibility index (Phi) is 17.6. The van der Waals surface area contributed by atoms with E-state index in [-0.39, 0.29) is 42.9 Å². The number of aryl methyl sites for hydroxylation is 1. The highest BCUT2D eigenvalue weighted by molar-refractivity contribution is 5.88. The molecule has 68 heavy (non-hydrogen) atoms. The standard InChI is InChI=1S/C50H62N2O16/c1-6-50(39-29-41-44-36(28-35-9-7-8-10-40(35)51-44)30-52(41)46(54)38(39)31-66-48(50)56)68-43(53)32-65-45-33(2)27-42-37(34(45)3)11-12-49(4,67-42)47(55)64-26-25-63-24-23-62-22-21-61-20-19-60-18-17-59-16-15-58-14-13-57-5/h7-10,27-29H,6,11-26,30-32H2,1-5H3/t49?,50-/m0/s1. The molecule has 1 unspecified atom stereocenters. The minimum atomic E-state index is -1.87. The van der Waals surface area contributed by atoms with Crippen LogP contribution in [0.1, 0.15) is 60.1 Å². The van der Waals surface area contributed by atoms with Crippen LogP contribution in [0.2, 0.25) is 0 Å². The number of rotatable bonds is 27. The highest BCUT2D eigenvalue weighted by atomic mass is 16.6. The maximum Gasteiger partial charge on any atom is 0.355 e. The fourth-order valence-electron chi connectivity index (χ4n) is 8.52. The second kappa shape index (κ2) is 23.7. The van der Waals surface area contributed by atoms with Crippen molar-refractivity contribution in [1.29, 1.82) is 0 Å². The lowest BCUT2D eigenvalue weighted by atomic mass is 9.85. The van der Waals surface area contributed by atoms with Gasteiger partial charge in [-0.05, 0) is 69.0 Å². The smallest absolute Gasteiger partial charge is 0.355 e. The third kappa shape index (κ3) is 11.7. The number of hydrogen-bond donors (Lipinski definition) is 0. The summed E-state index contributed by atoms with van der Waals surface area (Å²) < 4.78 is 68.8. The first-order valence-electron chi connectivity index (χ1n) is 23.1. The van der Waals surface area contributed by atoms with Crippen LogP contribution in [0, 0.1) is 13.8 Å². The van der Waals surface area contributed by atoms with E-state index in [0.717, 1.165) is 27.6 Å². The lowest BCUT2D eigenvalue weighted by Gasteiger charge is -2.36. The highest BCUT2D eigenvalue weighted by Crippen LogP contribution is 2.43. The molecular formula is C50H62N2O16. The van der Waals surface area contributed by atoms with Gasteiger partial charge in [0.15, 0.2) is 6.61 Å². The van der Waals surface area contributed by atoms with Crippen LogP contribution < -0.4 is 15.0 Å². The molecule has 0 saturated carbocycles. The van der Waals surface area contributed by atoms with Crippen LogP contribution >= 0.6 is 0 Å². The molecule has 0 fully saturated rings. The molecule has 2 atom stereocenters. The monoisotopic (exact) mass is 946 g/mol. The van der Waals surface area contributed by atoms with Gasteiger partial charge < -0.3 is 61.4 Å². The number of benzene rings is 2. The lowest BCUT2D eigenvalue weighted by molar-refractivity contribution is -0.190. The Balaban J connectivity index is 0.831. The van der Waals surface area contributed by atoms with Gasteiger partial charge in [0.25, 0.3) is 5.56 Å². The number of fused-ring (bicyclic) bond motifs is 6. The van der Waals surface area contributed by atoms with E-state index in [1.807, 2.05) is 37.3 Å². The zero-order chi connectivity index (χ0) is 48.1. The first-order chi connectivity index (χ1) is 33.0. The van der Waals surface area contributed by atoms with E-state index in [1.165, 1.54) is 0 Å². The Labute approximate surface area is 395 Å². The number of methoxy groups -OCH3 is 1. The second-order valence-electron chi connectivity index (χ2n) is 16.8. The Morgan fingerprint density at radius 1 is 0.794 bits per heavy atom. The molecular weight excluding hydrogens is 885 g/mol. The molecule has 4 aromatic rings. The third-order valence-electron chi connectivity index (χ3n) is 12.2. The van der Waals surface area contributed by atoms with Gasteiger partial charge in [-0.1, -0.05) is 25.1 Å². The van der Waals surface area contributed by atoms with Crippen molar-refractivity contribution in [3.8, 4) is 22.9 Å². The maximum atomic E-state index is 13.9. The van der Waals surface area contributed by atoms with Gasteiger partial charge in [0.05, 0.1) is 115 Å². The summed E-state index contributed by atoms with van der Waals surface area (Å²) in [5.41, 5.74) is 2.15. The number of aromatic nitrogens is 2. The van der Waals surface area contributed by atoms with Crippen LogP contribution in [-0.2, 0) is 86.9 Å². The number of cyclic esters (lactones) is 1. The van der Waals surface area contributed by atoms with Crippen molar-refractivity contribution in [2.24, 2.45) is 0 Å². The number of hydrogen-bond acceptors (Lipinski definition) is 17. The zero-order valence-corrected chi connectivity index (χ0v) is 39.6. The van der Waals surface area contributed by atoms with Gasteiger partial charge in [-0.3, -0.25) is 4.79 Å². The van der Waals surface area contributed by atoms with Gasteiger partial charge in [0.1, 0.15) is 24.7 Å². The predicted octanol–water partition coefficient (Wildman–Crippen LogP) is 4.70. The summed E-state index contributed by atoms with van der Waals surface area (Å²) in [6.45, 7) is 12.4. The Hall–Kier alpha value is -5.47. The average molecular weight is 947 g/mol. The summed E-state index contributed by atoms with van der Waals surface area (Å²) in [6.07, 6.45) is 0.840. The van der Waals surface area contributed by atoms with E-state index < -0.39 is 35.7 Å². The molecule has 7 rings (SSSR count). The largest absolute Gasteiger partial charge is 0.481 e. The van der Waals surface area contributed by atoms with Crippen molar-refractivity contribution in [3.05, 3.63) is 86.2 Å². The van der Waals surface area contributed by atoms with Crippen molar-refractivity contribution in [1.82, 2.24) is 9.55 Å². The molecule has 2 aromatic carbocycles. The van der Waals surface area contributed by atoms with Gasteiger partial charge in [-0.2, -0.15) is 0 Å². The van der Waals surface area contributed by atoms with E-state index in [0.29, 0.717) is 127 Å². The minimum absolute atomic E-state index is 0.0176. The van der Waals surface area contributed by atoms with E-state index in [1.54, 1.807) is 44.6 Å². The third-order valence-corrected chi connectivity index (χ3v) is 12.2. The summed E-state index contributed by atoms with van der Waals surface area (Å²) in [5.74, 6) is -1.13. The molecule has 0 aliphatic carbocycles. The Morgan fingerprint density at radius 2 is 1.41 bits per heavy atom. The van der Waals surface area contributed by atoms with Gasteiger partial charge in [-0.25, -0.2) is 19.4 Å². The van der Waals surface area contributed by atoms with Crippen molar-refractivity contribution in [2.45, 2.75) is 71.3 Å². The summed E-state index contributed by atoms with van der Waals surface area (Å²) >= 11 is 0. The average Bonchev–Trinajstić information content (AvgIpc) is 3.69. The topological polar surface area (TPSA) is 197 Å². The van der Waals surface area contributed by atoms with Crippen LogP contribution in [0.5, 0.6) is 11.5 Å². The molecule has 0 radical (unpaired) electrons. The van der Waals surface area contributed by atoms with Gasteiger partial charge in [0.2, 0.25) is 11.2 Å². The summed E-state index contributed by atoms with van der Waals surface area (Å²) in [6, 6.07) is 13.2. The molecule has 0 N–H and O–H groups in total. The number of pyridine rings is 2. The van der Waals surface area contributed by atoms with Crippen LogP contribution in [0.3, 0.4) is 0 Å². The number of carbonyl (C=O) groups is 3. The Bertz CT molecular complexity index is 2470. The molecule has 0 bridgehead atoms. The first-order valence-corrected chi connectivity index (χ1v) is 23.1. The van der Waals surface area contributed by atoms with Crippen molar-refractivity contribution < 1.29 is 71.2 Å². The molecule has 3 aliphatic rings. The maximum absolute atomic E-state index is 13.9.